The van der Waals surface area contributed by atoms with Crippen LogP contribution in [0.2, 0.25) is 5.02 Å². The lowest BCUT2D eigenvalue weighted by molar-refractivity contribution is -0.116. The quantitative estimate of drug-likeness (QED) is 0.830. The van der Waals surface area contributed by atoms with Crippen LogP contribution in [0.3, 0.4) is 0 Å². The molecule has 0 aliphatic rings. The van der Waals surface area contributed by atoms with Crippen LogP contribution in [0.15, 0.2) is 12.1 Å². The molecule has 0 spiro atoms. The fraction of sp³-hybridized carbons (Fsp3) is 0.364. The number of carbonyl (C=O) groups is 1. The van der Waals surface area contributed by atoms with Crippen molar-refractivity contribution in [1.82, 2.24) is 0 Å². The summed E-state index contributed by atoms with van der Waals surface area (Å²) in [5.41, 5.74) is 1.82. The summed E-state index contributed by atoms with van der Waals surface area (Å²) in [6.07, 6.45) is 1.41. The molecular formula is C11H13ClINO. The smallest absolute Gasteiger partial charge is 0.224 e. The third-order valence-electron chi connectivity index (χ3n) is 2.00. The third kappa shape index (κ3) is 3.65. The Hall–Kier alpha value is -0.290. The van der Waals surface area contributed by atoms with E-state index >= 15 is 0 Å². The minimum atomic E-state index is 0.0529. The molecular weight excluding hydrogens is 324 g/mol. The van der Waals surface area contributed by atoms with Gasteiger partial charge in [-0.3, -0.25) is 4.79 Å². The monoisotopic (exact) mass is 337 g/mol. The summed E-state index contributed by atoms with van der Waals surface area (Å²) < 4.78 is 0.965. The molecule has 0 saturated heterocycles. The van der Waals surface area contributed by atoms with Gasteiger partial charge in [-0.2, -0.15) is 0 Å². The molecule has 15 heavy (non-hydrogen) atoms. The first-order valence-electron chi connectivity index (χ1n) is 4.80. The predicted octanol–water partition coefficient (Wildman–Crippen LogP) is 3.99. The van der Waals surface area contributed by atoms with Crippen molar-refractivity contribution in [3.05, 3.63) is 26.3 Å². The molecule has 1 aromatic rings. The summed E-state index contributed by atoms with van der Waals surface area (Å²) in [5, 5.41) is 3.60. The maximum atomic E-state index is 11.4. The van der Waals surface area contributed by atoms with Gasteiger partial charge in [0.15, 0.2) is 0 Å². The van der Waals surface area contributed by atoms with E-state index in [0.29, 0.717) is 6.42 Å². The highest BCUT2D eigenvalue weighted by molar-refractivity contribution is 14.1. The van der Waals surface area contributed by atoms with Crippen LogP contribution in [0.5, 0.6) is 0 Å². The van der Waals surface area contributed by atoms with Gasteiger partial charge in [-0.05, 0) is 53.6 Å². The molecule has 0 unspecified atom stereocenters. The lowest BCUT2D eigenvalue weighted by Crippen LogP contribution is -2.11. The molecule has 1 aromatic carbocycles. The zero-order valence-corrected chi connectivity index (χ0v) is 11.6. The summed E-state index contributed by atoms with van der Waals surface area (Å²) in [6, 6.07) is 3.76. The maximum absolute atomic E-state index is 11.4. The zero-order valence-electron chi connectivity index (χ0n) is 8.73. The third-order valence-corrected chi connectivity index (χ3v) is 3.30. The molecule has 0 aliphatic heterocycles. The highest BCUT2D eigenvalue weighted by atomic mass is 127. The number of carbonyl (C=O) groups excluding carboxylic acids is 1. The number of rotatable bonds is 3. The summed E-state index contributed by atoms with van der Waals surface area (Å²) in [6.45, 7) is 3.91. The maximum Gasteiger partial charge on any atom is 0.224 e. The van der Waals surface area contributed by atoms with E-state index in [4.69, 9.17) is 11.6 Å². The number of aryl methyl sites for hydroxylation is 1. The van der Waals surface area contributed by atoms with Gasteiger partial charge >= 0.3 is 0 Å². The van der Waals surface area contributed by atoms with Crippen LogP contribution in [0.4, 0.5) is 5.69 Å². The zero-order chi connectivity index (χ0) is 11.4. The Morgan fingerprint density at radius 2 is 2.20 bits per heavy atom. The number of amides is 1. The molecule has 0 heterocycles. The van der Waals surface area contributed by atoms with Crippen LogP contribution >= 0.6 is 34.2 Å². The Morgan fingerprint density at radius 1 is 1.53 bits per heavy atom. The lowest BCUT2D eigenvalue weighted by Gasteiger charge is -2.09. The van der Waals surface area contributed by atoms with Crippen LogP contribution < -0.4 is 5.32 Å². The van der Waals surface area contributed by atoms with E-state index in [0.717, 1.165) is 26.3 Å². The molecule has 2 nitrogen and oxygen atoms in total. The van der Waals surface area contributed by atoms with E-state index in [2.05, 4.69) is 27.9 Å². The fourth-order valence-electron chi connectivity index (χ4n) is 1.19. The van der Waals surface area contributed by atoms with Crippen molar-refractivity contribution in [3.63, 3.8) is 0 Å². The minimum Gasteiger partial charge on any atom is -0.325 e. The number of anilines is 1. The Morgan fingerprint density at radius 3 is 2.80 bits per heavy atom. The Balaban J connectivity index is 2.86. The van der Waals surface area contributed by atoms with Crippen molar-refractivity contribution in [2.24, 2.45) is 0 Å². The second-order valence-electron chi connectivity index (χ2n) is 3.38. The Kier molecular flexibility index (Phi) is 4.86. The molecule has 1 rings (SSSR count). The van der Waals surface area contributed by atoms with E-state index in [1.54, 1.807) is 0 Å². The summed E-state index contributed by atoms with van der Waals surface area (Å²) in [4.78, 5) is 11.4. The van der Waals surface area contributed by atoms with Crippen LogP contribution in [0.1, 0.15) is 25.3 Å². The first-order valence-corrected chi connectivity index (χ1v) is 6.25. The van der Waals surface area contributed by atoms with Crippen molar-refractivity contribution in [1.29, 1.82) is 0 Å². The number of halogens is 2. The van der Waals surface area contributed by atoms with Crippen molar-refractivity contribution >= 4 is 45.8 Å². The van der Waals surface area contributed by atoms with Crippen LogP contribution in [-0.4, -0.2) is 5.91 Å². The number of hydrogen-bond donors (Lipinski definition) is 1. The van der Waals surface area contributed by atoms with E-state index in [9.17, 15) is 4.79 Å². The van der Waals surface area contributed by atoms with Crippen LogP contribution in [0, 0.1) is 10.5 Å². The summed E-state index contributed by atoms with van der Waals surface area (Å²) >= 11 is 8.13. The average Bonchev–Trinajstić information content (AvgIpc) is 2.14. The number of benzene rings is 1. The van der Waals surface area contributed by atoms with Gasteiger partial charge in [0.25, 0.3) is 0 Å². The van der Waals surface area contributed by atoms with Gasteiger partial charge in [-0.15, -0.1) is 0 Å². The highest BCUT2D eigenvalue weighted by Crippen LogP contribution is 2.26. The molecule has 82 valence electrons. The normalized spacial score (nSPS) is 10.1. The number of hydrogen-bond acceptors (Lipinski definition) is 1. The molecule has 0 fully saturated rings. The van der Waals surface area contributed by atoms with Gasteiger partial charge in [0.05, 0.1) is 5.69 Å². The highest BCUT2D eigenvalue weighted by Gasteiger charge is 2.07. The predicted molar refractivity (Wildman–Crippen MR) is 72.4 cm³/mol. The van der Waals surface area contributed by atoms with E-state index in [1.807, 2.05) is 26.0 Å². The number of nitrogens with one attached hydrogen (secondary N) is 1. The summed E-state index contributed by atoms with van der Waals surface area (Å²) in [5.74, 6) is 0.0529. The lowest BCUT2D eigenvalue weighted by atomic mass is 10.2. The molecule has 0 bridgehead atoms. The molecule has 0 aliphatic carbocycles. The van der Waals surface area contributed by atoms with Crippen molar-refractivity contribution in [2.45, 2.75) is 26.7 Å². The van der Waals surface area contributed by atoms with Crippen LogP contribution in [0.25, 0.3) is 0 Å². The molecule has 1 amide bonds. The van der Waals surface area contributed by atoms with Crippen molar-refractivity contribution in [3.8, 4) is 0 Å². The Bertz CT molecular complexity index is 379. The van der Waals surface area contributed by atoms with Crippen molar-refractivity contribution in [2.75, 3.05) is 5.32 Å². The first kappa shape index (κ1) is 12.8. The topological polar surface area (TPSA) is 29.1 Å². The molecule has 1 N–H and O–H groups in total. The molecule has 0 radical (unpaired) electrons. The fourth-order valence-corrected chi connectivity index (χ4v) is 2.14. The second kappa shape index (κ2) is 5.70. The van der Waals surface area contributed by atoms with Gasteiger partial charge in [0.2, 0.25) is 5.91 Å². The summed E-state index contributed by atoms with van der Waals surface area (Å²) in [7, 11) is 0. The standard InChI is InChI=1S/C11H13ClINO/c1-3-4-11(15)14-10-5-7(2)8(12)6-9(10)13/h5-6H,3-4H2,1-2H3,(H,14,15). The van der Waals surface area contributed by atoms with Gasteiger partial charge < -0.3 is 5.32 Å². The minimum absolute atomic E-state index is 0.0529. The van der Waals surface area contributed by atoms with Crippen LogP contribution in [-0.2, 0) is 4.79 Å². The van der Waals surface area contributed by atoms with E-state index in [1.165, 1.54) is 0 Å². The Labute approximate surface area is 109 Å². The van der Waals surface area contributed by atoms with Gasteiger partial charge in [-0.1, -0.05) is 18.5 Å². The molecule has 0 atom stereocenters. The van der Waals surface area contributed by atoms with E-state index in [-0.39, 0.29) is 5.91 Å². The van der Waals surface area contributed by atoms with Gasteiger partial charge in [0.1, 0.15) is 0 Å². The van der Waals surface area contributed by atoms with E-state index < -0.39 is 0 Å². The van der Waals surface area contributed by atoms with Crippen molar-refractivity contribution < 1.29 is 4.79 Å². The first-order chi connectivity index (χ1) is 7.04. The second-order valence-corrected chi connectivity index (χ2v) is 4.95. The molecule has 4 heteroatoms. The molecule has 0 aromatic heterocycles. The van der Waals surface area contributed by atoms with Gasteiger partial charge in [-0.25, -0.2) is 0 Å². The molecule has 0 saturated carbocycles. The SMILES string of the molecule is CCCC(=O)Nc1cc(C)c(Cl)cc1I. The average molecular weight is 338 g/mol. The largest absolute Gasteiger partial charge is 0.325 e. The van der Waals surface area contributed by atoms with Gasteiger partial charge in [0, 0.05) is 15.0 Å².